The summed E-state index contributed by atoms with van der Waals surface area (Å²) in [6.07, 6.45) is -4.21. The van der Waals surface area contributed by atoms with Gasteiger partial charge in [-0.3, -0.25) is 4.79 Å². The number of alkyl halides is 3. The molecular formula is C20H17ClF3NO4. The molecule has 5 nitrogen and oxygen atoms in total. The van der Waals surface area contributed by atoms with Crippen LogP contribution in [0, 0.1) is 0 Å². The van der Waals surface area contributed by atoms with Crippen molar-refractivity contribution in [2.45, 2.75) is 31.1 Å². The molecule has 0 unspecified atom stereocenters. The van der Waals surface area contributed by atoms with Gasteiger partial charge in [0.2, 0.25) is 0 Å². The molecule has 0 spiro atoms. The first-order valence-electron chi connectivity index (χ1n) is 8.69. The van der Waals surface area contributed by atoms with E-state index in [0.29, 0.717) is 23.1 Å². The molecule has 1 aliphatic rings. The zero-order valence-corrected chi connectivity index (χ0v) is 16.0. The van der Waals surface area contributed by atoms with E-state index >= 15 is 0 Å². The van der Waals surface area contributed by atoms with Crippen LogP contribution in [0.15, 0.2) is 42.5 Å². The first-order chi connectivity index (χ1) is 13.6. The number of methoxy groups -OCH3 is 1. The number of amides is 1. The van der Waals surface area contributed by atoms with E-state index in [0.717, 1.165) is 11.0 Å². The summed E-state index contributed by atoms with van der Waals surface area (Å²) in [4.78, 5) is 26.0. The quantitative estimate of drug-likeness (QED) is 0.761. The lowest BCUT2D eigenvalue weighted by Gasteiger charge is -2.29. The molecule has 1 N–H and O–H groups in total. The smallest absolute Gasteiger partial charge is 0.416 e. The molecule has 29 heavy (non-hydrogen) atoms. The first kappa shape index (κ1) is 21.0. The summed E-state index contributed by atoms with van der Waals surface area (Å²) in [7, 11) is 1.19. The summed E-state index contributed by atoms with van der Waals surface area (Å²) < 4.78 is 44.6. The largest absolute Gasteiger partial charge is 0.497 e. The van der Waals surface area contributed by atoms with E-state index in [1.165, 1.54) is 13.2 Å². The second kappa shape index (κ2) is 7.94. The van der Waals surface area contributed by atoms with Crippen LogP contribution in [0.2, 0.25) is 5.02 Å². The Morgan fingerprint density at radius 3 is 2.45 bits per heavy atom. The molecule has 1 aliphatic heterocycles. The Balaban J connectivity index is 2.08. The van der Waals surface area contributed by atoms with Crippen molar-refractivity contribution in [3.8, 4) is 5.75 Å². The number of nitrogens with zero attached hydrogens (tertiary/aromatic N) is 1. The molecule has 2 atom stereocenters. The van der Waals surface area contributed by atoms with Crippen molar-refractivity contribution in [2.75, 3.05) is 7.11 Å². The third-order valence-corrected chi connectivity index (χ3v) is 5.23. The monoisotopic (exact) mass is 427 g/mol. The minimum absolute atomic E-state index is 0.149. The standard InChI is InChI=1S/C20H17ClF3NO4/c1-29-13-9-11(8-12(10-13)20(22,23)24)18(26)25-16(6-7-17(25)19(27)28)14-4-2-3-5-15(14)21/h2-5,8-10,16-17H,6-7H2,1H3,(H,27,28)/t16-,17+/m1/s1. The van der Waals surface area contributed by atoms with E-state index in [4.69, 9.17) is 16.3 Å². The molecule has 1 amide bonds. The Bertz CT molecular complexity index is 948. The number of hydrogen-bond donors (Lipinski definition) is 1. The third kappa shape index (κ3) is 4.17. The molecule has 1 heterocycles. The molecule has 1 saturated heterocycles. The number of carbonyl (C=O) groups is 2. The number of halogens is 4. The maximum absolute atomic E-state index is 13.2. The highest BCUT2D eigenvalue weighted by atomic mass is 35.5. The lowest BCUT2D eigenvalue weighted by atomic mass is 10.0. The number of aliphatic carboxylic acids is 1. The third-order valence-electron chi connectivity index (χ3n) is 4.89. The molecule has 154 valence electrons. The number of rotatable bonds is 4. The fourth-order valence-electron chi connectivity index (χ4n) is 3.54. The second-order valence-electron chi connectivity index (χ2n) is 6.63. The van der Waals surface area contributed by atoms with E-state index in [1.807, 2.05) is 0 Å². The Labute approximate surface area is 169 Å². The van der Waals surface area contributed by atoms with E-state index < -0.39 is 35.7 Å². The van der Waals surface area contributed by atoms with Crippen molar-refractivity contribution < 1.29 is 32.6 Å². The summed E-state index contributed by atoms with van der Waals surface area (Å²) >= 11 is 6.23. The van der Waals surface area contributed by atoms with Gasteiger partial charge in [0.05, 0.1) is 18.7 Å². The van der Waals surface area contributed by atoms with Crippen LogP contribution in [0.4, 0.5) is 13.2 Å². The first-order valence-corrected chi connectivity index (χ1v) is 9.07. The van der Waals surface area contributed by atoms with E-state index in [1.54, 1.807) is 24.3 Å². The van der Waals surface area contributed by atoms with Gasteiger partial charge in [0.15, 0.2) is 0 Å². The fraction of sp³-hybridized carbons (Fsp3) is 0.300. The molecule has 0 saturated carbocycles. The summed E-state index contributed by atoms with van der Waals surface area (Å²) in [5.74, 6) is -2.21. The summed E-state index contributed by atoms with van der Waals surface area (Å²) in [6, 6.07) is 7.48. The lowest BCUT2D eigenvalue weighted by molar-refractivity contribution is -0.142. The van der Waals surface area contributed by atoms with Gasteiger partial charge in [-0.1, -0.05) is 29.8 Å². The minimum atomic E-state index is -4.69. The molecule has 0 aliphatic carbocycles. The van der Waals surface area contributed by atoms with Crippen molar-refractivity contribution in [3.05, 3.63) is 64.2 Å². The zero-order valence-electron chi connectivity index (χ0n) is 15.2. The highest BCUT2D eigenvalue weighted by molar-refractivity contribution is 6.31. The molecule has 0 radical (unpaired) electrons. The van der Waals surface area contributed by atoms with Gasteiger partial charge in [-0.05, 0) is 42.7 Å². The number of hydrogen-bond acceptors (Lipinski definition) is 3. The number of carboxylic acids is 1. The molecule has 9 heteroatoms. The predicted octanol–water partition coefficient (Wildman–Crippen LogP) is 4.80. The van der Waals surface area contributed by atoms with Crippen LogP contribution in [0.5, 0.6) is 5.75 Å². The Morgan fingerprint density at radius 1 is 1.17 bits per heavy atom. The van der Waals surface area contributed by atoms with Gasteiger partial charge in [-0.15, -0.1) is 0 Å². The van der Waals surface area contributed by atoms with Gasteiger partial charge < -0.3 is 14.7 Å². The van der Waals surface area contributed by atoms with Gasteiger partial charge >= 0.3 is 12.1 Å². The van der Waals surface area contributed by atoms with Crippen LogP contribution >= 0.6 is 11.6 Å². The van der Waals surface area contributed by atoms with Crippen molar-refractivity contribution in [2.24, 2.45) is 0 Å². The molecule has 3 rings (SSSR count). The van der Waals surface area contributed by atoms with Crippen molar-refractivity contribution in [3.63, 3.8) is 0 Å². The normalized spacial score (nSPS) is 19.3. The van der Waals surface area contributed by atoms with Gasteiger partial charge in [-0.2, -0.15) is 13.2 Å². The average Bonchev–Trinajstić information content (AvgIpc) is 3.11. The van der Waals surface area contributed by atoms with Crippen molar-refractivity contribution >= 4 is 23.5 Å². The molecule has 0 aromatic heterocycles. The Hall–Kier alpha value is -2.74. The van der Waals surface area contributed by atoms with Crippen LogP contribution in [0.3, 0.4) is 0 Å². The van der Waals surface area contributed by atoms with Crippen LogP contribution in [-0.4, -0.2) is 35.0 Å². The highest BCUT2D eigenvalue weighted by Gasteiger charge is 2.43. The molecule has 1 fully saturated rings. The number of likely N-dealkylation sites (tertiary alicyclic amines) is 1. The van der Waals surface area contributed by atoms with Gasteiger partial charge in [-0.25, -0.2) is 4.79 Å². The van der Waals surface area contributed by atoms with Crippen molar-refractivity contribution in [1.29, 1.82) is 0 Å². The summed E-state index contributed by atoms with van der Waals surface area (Å²) in [6.45, 7) is 0. The average molecular weight is 428 g/mol. The number of benzene rings is 2. The van der Waals surface area contributed by atoms with E-state index in [9.17, 15) is 27.9 Å². The van der Waals surface area contributed by atoms with Crippen LogP contribution in [-0.2, 0) is 11.0 Å². The number of carbonyl (C=O) groups excluding carboxylic acids is 1. The van der Waals surface area contributed by atoms with Crippen LogP contribution in [0.25, 0.3) is 0 Å². The Morgan fingerprint density at radius 2 is 1.86 bits per heavy atom. The molecule has 2 aromatic carbocycles. The van der Waals surface area contributed by atoms with Gasteiger partial charge in [0, 0.05) is 10.6 Å². The maximum atomic E-state index is 13.2. The topological polar surface area (TPSA) is 66.8 Å². The van der Waals surface area contributed by atoms with Crippen LogP contribution < -0.4 is 4.74 Å². The Kier molecular flexibility index (Phi) is 5.75. The lowest BCUT2D eigenvalue weighted by Crippen LogP contribution is -2.42. The SMILES string of the molecule is COc1cc(C(=O)N2[C@@H](c3ccccc3Cl)CC[C@H]2C(=O)O)cc(C(F)(F)F)c1. The second-order valence-corrected chi connectivity index (χ2v) is 7.04. The molecule has 2 aromatic rings. The molecular weight excluding hydrogens is 411 g/mol. The van der Waals surface area contributed by atoms with Gasteiger partial charge in [0.1, 0.15) is 11.8 Å². The maximum Gasteiger partial charge on any atom is 0.416 e. The number of carboxylic acid groups (broad SMARTS) is 1. The summed E-state index contributed by atoms with van der Waals surface area (Å²) in [5, 5.41) is 9.92. The fourth-order valence-corrected chi connectivity index (χ4v) is 3.80. The zero-order chi connectivity index (χ0) is 21.3. The predicted molar refractivity (Wildman–Crippen MR) is 99.0 cm³/mol. The minimum Gasteiger partial charge on any atom is -0.497 e. The molecule has 0 bridgehead atoms. The van der Waals surface area contributed by atoms with Crippen molar-refractivity contribution in [1.82, 2.24) is 4.90 Å². The van der Waals surface area contributed by atoms with Gasteiger partial charge in [0.25, 0.3) is 5.91 Å². The highest BCUT2D eigenvalue weighted by Crippen LogP contribution is 2.41. The number of ether oxygens (including phenoxy) is 1. The van der Waals surface area contributed by atoms with E-state index in [-0.39, 0.29) is 17.7 Å². The van der Waals surface area contributed by atoms with Crippen LogP contribution in [0.1, 0.15) is 40.4 Å². The summed E-state index contributed by atoms with van der Waals surface area (Å²) in [5.41, 5.74) is -0.812. The van der Waals surface area contributed by atoms with E-state index in [2.05, 4.69) is 0 Å².